The summed E-state index contributed by atoms with van der Waals surface area (Å²) in [4.78, 5) is 44.4. The zero-order valence-electron chi connectivity index (χ0n) is 22.0. The number of hydrogen-bond donors (Lipinski definition) is 2. The van der Waals surface area contributed by atoms with Gasteiger partial charge in [-0.25, -0.2) is 0 Å². The lowest BCUT2D eigenvalue weighted by Crippen LogP contribution is -2.49. The number of allylic oxidation sites excluding steroid dienone is 1. The van der Waals surface area contributed by atoms with Crippen LogP contribution in [0.3, 0.4) is 0 Å². The molecule has 5 atom stereocenters. The summed E-state index contributed by atoms with van der Waals surface area (Å²) in [5.41, 5.74) is 0. The molecule has 0 radical (unpaired) electrons. The number of morpholine rings is 1. The average molecular weight is 508 g/mol. The Labute approximate surface area is 215 Å². The third kappa shape index (κ3) is 7.07. The lowest BCUT2D eigenvalue weighted by atomic mass is 9.69. The summed E-state index contributed by atoms with van der Waals surface area (Å²) in [5, 5.41) is 12.1. The minimum Gasteiger partial charge on any atom is -0.466 e. The average Bonchev–Trinajstić information content (AvgIpc) is 3.16. The Balaban J connectivity index is 1.77. The molecule has 9 heteroatoms. The minimum absolute atomic E-state index is 0.0613. The van der Waals surface area contributed by atoms with Crippen LogP contribution in [-0.2, 0) is 23.9 Å². The number of unbranched alkanes of at least 4 members (excludes halogenated alkanes) is 3. The van der Waals surface area contributed by atoms with Gasteiger partial charge in [0.15, 0.2) is 0 Å². The standard InChI is InChI=1S/C27H45N3O6/c1-3-9-20-10-11-21-23(22(20)27(34)36-4-2)26(33)30(13-7-5-6-8-17-31)24(21)25(32)28-12-14-29-15-18-35-19-16-29/h10-11,20-24,31H,3-9,12-19H2,1-2H3,(H,28,32)/t20-,21+,22-,23+,24+/m1/s1. The van der Waals surface area contributed by atoms with E-state index in [1.165, 1.54) is 0 Å². The Bertz CT molecular complexity index is 754. The van der Waals surface area contributed by atoms with Gasteiger partial charge in [0, 0.05) is 45.2 Å². The van der Waals surface area contributed by atoms with Crippen molar-refractivity contribution < 1.29 is 29.0 Å². The molecule has 0 bridgehead atoms. The number of ether oxygens (including phenoxy) is 2. The van der Waals surface area contributed by atoms with E-state index in [4.69, 9.17) is 14.6 Å². The molecule has 2 aliphatic heterocycles. The van der Waals surface area contributed by atoms with Crippen LogP contribution in [0, 0.1) is 23.7 Å². The molecule has 2 fully saturated rings. The largest absolute Gasteiger partial charge is 0.466 e. The molecule has 0 aromatic heterocycles. The van der Waals surface area contributed by atoms with Gasteiger partial charge >= 0.3 is 5.97 Å². The Kier molecular flexibility index (Phi) is 11.7. The quantitative estimate of drug-likeness (QED) is 0.209. The number of rotatable bonds is 14. The van der Waals surface area contributed by atoms with Crippen LogP contribution in [0.1, 0.15) is 52.4 Å². The summed E-state index contributed by atoms with van der Waals surface area (Å²) in [6, 6.07) is -0.624. The second kappa shape index (κ2) is 14.7. The third-order valence-corrected chi connectivity index (χ3v) is 7.70. The number of aliphatic hydroxyl groups is 1. The van der Waals surface area contributed by atoms with Gasteiger partial charge in [0.25, 0.3) is 0 Å². The van der Waals surface area contributed by atoms with Crippen LogP contribution in [0.25, 0.3) is 0 Å². The van der Waals surface area contributed by atoms with Gasteiger partial charge in [-0.1, -0.05) is 38.3 Å². The Morgan fingerprint density at radius 1 is 1.11 bits per heavy atom. The second-order valence-electron chi connectivity index (χ2n) is 10.1. The van der Waals surface area contributed by atoms with E-state index in [0.717, 1.165) is 58.2 Å². The molecule has 36 heavy (non-hydrogen) atoms. The van der Waals surface area contributed by atoms with Crippen molar-refractivity contribution in [3.05, 3.63) is 12.2 Å². The topological polar surface area (TPSA) is 108 Å². The van der Waals surface area contributed by atoms with Crippen molar-refractivity contribution in [3.8, 4) is 0 Å². The van der Waals surface area contributed by atoms with Gasteiger partial charge in [-0.15, -0.1) is 0 Å². The summed E-state index contributed by atoms with van der Waals surface area (Å²) in [7, 11) is 0. The fraction of sp³-hybridized carbons (Fsp3) is 0.815. The van der Waals surface area contributed by atoms with Crippen LogP contribution < -0.4 is 5.32 Å². The third-order valence-electron chi connectivity index (χ3n) is 7.70. The Hall–Kier alpha value is -1.97. The van der Waals surface area contributed by atoms with Crippen molar-refractivity contribution >= 4 is 17.8 Å². The zero-order chi connectivity index (χ0) is 25.9. The summed E-state index contributed by atoms with van der Waals surface area (Å²) in [5.74, 6) is -2.14. The zero-order valence-corrected chi connectivity index (χ0v) is 22.0. The number of carbonyl (C=O) groups is 3. The first-order valence-corrected chi connectivity index (χ1v) is 13.9. The number of aliphatic hydroxyl groups excluding tert-OH is 1. The van der Waals surface area contributed by atoms with E-state index in [2.05, 4.69) is 17.1 Å². The lowest BCUT2D eigenvalue weighted by Gasteiger charge is -2.34. The van der Waals surface area contributed by atoms with Gasteiger partial charge in [0.05, 0.1) is 31.7 Å². The maximum atomic E-state index is 13.8. The van der Waals surface area contributed by atoms with Gasteiger partial charge in [0.2, 0.25) is 11.8 Å². The fourth-order valence-corrected chi connectivity index (χ4v) is 5.92. The summed E-state index contributed by atoms with van der Waals surface area (Å²) < 4.78 is 10.8. The van der Waals surface area contributed by atoms with E-state index in [1.807, 2.05) is 12.2 Å². The van der Waals surface area contributed by atoms with Crippen molar-refractivity contribution in [2.24, 2.45) is 23.7 Å². The highest BCUT2D eigenvalue weighted by molar-refractivity contribution is 5.96. The van der Waals surface area contributed by atoms with Crippen LogP contribution >= 0.6 is 0 Å². The number of esters is 1. The molecule has 2 heterocycles. The number of fused-ring (bicyclic) bond motifs is 1. The van der Waals surface area contributed by atoms with E-state index in [9.17, 15) is 14.4 Å². The predicted octanol–water partition coefficient (Wildman–Crippen LogP) is 1.60. The van der Waals surface area contributed by atoms with E-state index in [0.29, 0.717) is 26.3 Å². The lowest BCUT2D eigenvalue weighted by molar-refractivity contribution is -0.155. The molecule has 3 aliphatic rings. The molecule has 1 aliphatic carbocycles. The van der Waals surface area contributed by atoms with Gasteiger partial charge in [0.1, 0.15) is 6.04 Å². The van der Waals surface area contributed by atoms with Crippen molar-refractivity contribution in [3.63, 3.8) is 0 Å². The van der Waals surface area contributed by atoms with Gasteiger partial charge in [-0.3, -0.25) is 19.3 Å². The molecular weight excluding hydrogens is 462 g/mol. The van der Waals surface area contributed by atoms with Crippen molar-refractivity contribution in [1.29, 1.82) is 0 Å². The minimum atomic E-state index is -0.624. The molecule has 9 nitrogen and oxygen atoms in total. The number of nitrogens with zero attached hydrogens (tertiary/aromatic N) is 2. The number of amides is 2. The van der Waals surface area contributed by atoms with Crippen molar-refractivity contribution in [2.45, 2.75) is 58.4 Å². The van der Waals surface area contributed by atoms with Crippen LogP contribution in [0.5, 0.6) is 0 Å². The van der Waals surface area contributed by atoms with Crippen LogP contribution in [0.15, 0.2) is 12.2 Å². The van der Waals surface area contributed by atoms with Gasteiger partial charge in [-0.2, -0.15) is 0 Å². The van der Waals surface area contributed by atoms with Crippen LogP contribution in [0.2, 0.25) is 0 Å². The maximum Gasteiger partial charge on any atom is 0.310 e. The van der Waals surface area contributed by atoms with Crippen molar-refractivity contribution in [1.82, 2.24) is 15.1 Å². The predicted molar refractivity (Wildman–Crippen MR) is 136 cm³/mol. The van der Waals surface area contributed by atoms with E-state index in [1.54, 1.807) is 11.8 Å². The van der Waals surface area contributed by atoms with Crippen molar-refractivity contribution in [2.75, 3.05) is 59.2 Å². The molecular formula is C27H45N3O6. The monoisotopic (exact) mass is 507 g/mol. The Morgan fingerprint density at radius 3 is 2.56 bits per heavy atom. The number of likely N-dealkylation sites (tertiary alicyclic amines) is 1. The van der Waals surface area contributed by atoms with E-state index >= 15 is 0 Å². The van der Waals surface area contributed by atoms with E-state index < -0.39 is 17.9 Å². The normalized spacial score (nSPS) is 28.2. The van der Waals surface area contributed by atoms with Crippen LogP contribution in [-0.4, -0.2) is 97.9 Å². The maximum absolute atomic E-state index is 13.8. The summed E-state index contributed by atoms with van der Waals surface area (Å²) >= 11 is 0. The molecule has 0 saturated carbocycles. The molecule has 0 aromatic carbocycles. The first-order valence-electron chi connectivity index (χ1n) is 13.9. The highest BCUT2D eigenvalue weighted by atomic mass is 16.5. The number of carbonyl (C=O) groups excluding carboxylic acids is 3. The van der Waals surface area contributed by atoms with E-state index in [-0.39, 0.29) is 42.8 Å². The Morgan fingerprint density at radius 2 is 1.86 bits per heavy atom. The first kappa shape index (κ1) is 28.6. The molecule has 2 saturated heterocycles. The molecule has 204 valence electrons. The SMILES string of the molecule is CCC[C@@H]1C=C[C@H]2[C@H](C(=O)N(CCCCCCO)[C@@H]2C(=O)NCCN2CCOCC2)[C@@H]1C(=O)OCC. The molecule has 2 N–H and O–H groups in total. The molecule has 0 aromatic rings. The second-order valence-corrected chi connectivity index (χ2v) is 10.1. The molecule has 0 unspecified atom stereocenters. The summed E-state index contributed by atoms with van der Waals surface area (Å²) in [6.07, 6.45) is 9.00. The highest BCUT2D eigenvalue weighted by Gasteiger charge is 2.57. The van der Waals surface area contributed by atoms with Gasteiger partial charge in [-0.05, 0) is 32.1 Å². The number of hydrogen-bond acceptors (Lipinski definition) is 7. The smallest absolute Gasteiger partial charge is 0.310 e. The highest BCUT2D eigenvalue weighted by Crippen LogP contribution is 2.45. The first-order chi connectivity index (χ1) is 17.5. The number of nitrogens with one attached hydrogen (secondary N) is 1. The van der Waals surface area contributed by atoms with Crippen LogP contribution in [0.4, 0.5) is 0 Å². The molecule has 0 spiro atoms. The molecule has 2 amide bonds. The van der Waals surface area contributed by atoms with Gasteiger partial charge < -0.3 is 24.8 Å². The fourth-order valence-electron chi connectivity index (χ4n) is 5.92. The summed E-state index contributed by atoms with van der Waals surface area (Å²) in [6.45, 7) is 9.12. The molecule has 3 rings (SSSR count).